The third kappa shape index (κ3) is 7.62. The van der Waals surface area contributed by atoms with E-state index in [0.29, 0.717) is 0 Å². The van der Waals surface area contributed by atoms with Gasteiger partial charge in [-0.1, -0.05) is 19.1 Å². The Hall–Kier alpha value is -1.61. The van der Waals surface area contributed by atoms with Gasteiger partial charge in [-0.25, -0.2) is 4.68 Å². The molecule has 1 saturated heterocycles. The fourth-order valence-corrected chi connectivity index (χ4v) is 3.75. The maximum Gasteiger partial charge on any atom is 0.190 e. The second-order valence-electron chi connectivity index (χ2n) is 7.53. The monoisotopic (exact) mass is 510 g/mol. The van der Waals surface area contributed by atoms with Gasteiger partial charge in [-0.15, -0.1) is 24.0 Å². The van der Waals surface area contributed by atoms with Gasteiger partial charge in [-0.3, -0.25) is 4.99 Å². The zero-order chi connectivity index (χ0) is 19.6. The smallest absolute Gasteiger partial charge is 0.190 e. The Morgan fingerprint density at radius 3 is 2.55 bits per heavy atom. The molecule has 0 radical (unpaired) electrons. The Morgan fingerprint density at radius 2 is 1.93 bits per heavy atom. The van der Waals surface area contributed by atoms with E-state index < -0.39 is 0 Å². The Balaban J connectivity index is 0.00000300. The third-order valence-corrected chi connectivity index (χ3v) is 5.44. The number of nitrogens with zero attached hydrogens (tertiary/aromatic N) is 4. The number of hydrogen-bond acceptors (Lipinski definition) is 3. The van der Waals surface area contributed by atoms with Crippen molar-refractivity contribution in [3.8, 4) is 5.69 Å². The first-order valence-electron chi connectivity index (χ1n) is 10.5. The lowest BCUT2D eigenvalue weighted by Gasteiger charge is -2.32. The van der Waals surface area contributed by atoms with Crippen molar-refractivity contribution in [2.75, 3.05) is 39.8 Å². The van der Waals surface area contributed by atoms with E-state index in [1.54, 1.807) is 6.20 Å². The first-order chi connectivity index (χ1) is 13.8. The van der Waals surface area contributed by atoms with Crippen molar-refractivity contribution in [1.29, 1.82) is 0 Å². The number of nitrogens with one attached hydrogen (secondary N) is 2. The van der Waals surface area contributed by atoms with Crippen LogP contribution >= 0.6 is 24.0 Å². The molecule has 1 aromatic carbocycles. The van der Waals surface area contributed by atoms with E-state index in [4.69, 9.17) is 0 Å². The molecular weight excluding hydrogens is 475 g/mol. The van der Waals surface area contributed by atoms with E-state index in [-0.39, 0.29) is 24.0 Å². The van der Waals surface area contributed by atoms with Gasteiger partial charge in [0, 0.05) is 32.5 Å². The molecule has 0 atom stereocenters. The average Bonchev–Trinajstić information content (AvgIpc) is 3.27. The van der Waals surface area contributed by atoms with Gasteiger partial charge in [0.1, 0.15) is 0 Å². The molecule has 6 nitrogen and oxygen atoms in total. The molecule has 0 spiro atoms. The summed E-state index contributed by atoms with van der Waals surface area (Å²) in [7, 11) is 1.85. The molecule has 0 amide bonds. The van der Waals surface area contributed by atoms with Crippen LogP contribution in [-0.4, -0.2) is 60.4 Å². The van der Waals surface area contributed by atoms with E-state index in [2.05, 4.69) is 56.8 Å². The van der Waals surface area contributed by atoms with E-state index in [1.807, 2.05) is 24.0 Å². The largest absolute Gasteiger partial charge is 0.356 e. The number of aliphatic imine (C=N–C) groups is 1. The Labute approximate surface area is 192 Å². The van der Waals surface area contributed by atoms with Crippen molar-refractivity contribution < 1.29 is 0 Å². The highest BCUT2D eigenvalue weighted by atomic mass is 127. The lowest BCUT2D eigenvalue weighted by molar-refractivity contribution is 0.185. The van der Waals surface area contributed by atoms with Crippen molar-refractivity contribution in [2.24, 2.45) is 10.9 Å². The van der Waals surface area contributed by atoms with Crippen LogP contribution in [0.4, 0.5) is 0 Å². The third-order valence-electron chi connectivity index (χ3n) is 5.44. The summed E-state index contributed by atoms with van der Waals surface area (Å²) in [5, 5.41) is 11.2. The van der Waals surface area contributed by atoms with Crippen LogP contribution in [0, 0.1) is 5.92 Å². The standard InChI is InChI=1S/C22H34N6.HI/c1-3-14-27-16-10-20(11-17-27)18-25-22(23-2)24-13-9-19-5-7-21(8-6-19)28-15-4-12-26-28;/h4-8,12,15,20H,3,9-11,13-14,16-18H2,1-2H3,(H2,23,24,25);1H. The van der Waals surface area contributed by atoms with Crippen LogP contribution in [0.25, 0.3) is 5.69 Å². The second-order valence-corrected chi connectivity index (χ2v) is 7.53. The summed E-state index contributed by atoms with van der Waals surface area (Å²) < 4.78 is 1.88. The summed E-state index contributed by atoms with van der Waals surface area (Å²) in [6, 6.07) is 10.5. The van der Waals surface area contributed by atoms with Gasteiger partial charge in [0.15, 0.2) is 5.96 Å². The number of halogens is 1. The van der Waals surface area contributed by atoms with E-state index >= 15 is 0 Å². The number of benzene rings is 1. The summed E-state index contributed by atoms with van der Waals surface area (Å²) in [6.45, 7) is 7.86. The molecule has 1 aromatic heterocycles. The number of likely N-dealkylation sites (tertiary alicyclic amines) is 1. The Kier molecular flexibility index (Phi) is 10.5. The van der Waals surface area contributed by atoms with Crippen molar-refractivity contribution in [2.45, 2.75) is 32.6 Å². The number of aromatic nitrogens is 2. The van der Waals surface area contributed by atoms with Crippen molar-refractivity contribution in [3.05, 3.63) is 48.3 Å². The van der Waals surface area contributed by atoms with Gasteiger partial charge in [-0.05, 0) is 75.0 Å². The summed E-state index contributed by atoms with van der Waals surface area (Å²) in [5.74, 6) is 1.66. The maximum atomic E-state index is 4.37. The molecule has 1 aliphatic rings. The van der Waals surface area contributed by atoms with Gasteiger partial charge in [0.05, 0.1) is 5.69 Å². The SMILES string of the molecule is CCCN1CCC(CNC(=NC)NCCc2ccc(-n3cccn3)cc2)CC1.I. The zero-order valence-electron chi connectivity index (χ0n) is 17.7. The molecule has 0 unspecified atom stereocenters. The molecule has 29 heavy (non-hydrogen) atoms. The van der Waals surface area contributed by atoms with Gasteiger partial charge >= 0.3 is 0 Å². The number of guanidine groups is 1. The summed E-state index contributed by atoms with van der Waals surface area (Å²) in [4.78, 5) is 6.95. The molecule has 2 aromatic rings. The van der Waals surface area contributed by atoms with Crippen molar-refractivity contribution >= 4 is 29.9 Å². The Morgan fingerprint density at radius 1 is 1.17 bits per heavy atom. The molecule has 2 N–H and O–H groups in total. The van der Waals surface area contributed by atoms with Crippen molar-refractivity contribution in [3.63, 3.8) is 0 Å². The minimum absolute atomic E-state index is 0. The summed E-state index contributed by atoms with van der Waals surface area (Å²) in [6.07, 6.45) is 8.55. The highest BCUT2D eigenvalue weighted by Crippen LogP contribution is 2.16. The number of piperidine rings is 1. The van der Waals surface area contributed by atoms with Gasteiger partial charge < -0.3 is 15.5 Å². The van der Waals surface area contributed by atoms with Crippen LogP contribution in [0.5, 0.6) is 0 Å². The molecule has 3 rings (SSSR count). The molecule has 7 heteroatoms. The number of hydrogen-bond donors (Lipinski definition) is 2. The average molecular weight is 510 g/mol. The van der Waals surface area contributed by atoms with Crippen LogP contribution in [0.15, 0.2) is 47.7 Å². The van der Waals surface area contributed by atoms with Crippen LogP contribution < -0.4 is 10.6 Å². The molecule has 0 bridgehead atoms. The molecule has 0 aliphatic carbocycles. The topological polar surface area (TPSA) is 57.5 Å². The van der Waals surface area contributed by atoms with Crippen LogP contribution in [-0.2, 0) is 6.42 Å². The fraction of sp³-hybridized carbons (Fsp3) is 0.545. The maximum absolute atomic E-state index is 4.37. The molecule has 1 fully saturated rings. The van der Waals surface area contributed by atoms with Gasteiger partial charge in [0.25, 0.3) is 0 Å². The van der Waals surface area contributed by atoms with Crippen LogP contribution in [0.2, 0.25) is 0 Å². The highest BCUT2D eigenvalue weighted by molar-refractivity contribution is 14.0. The van der Waals surface area contributed by atoms with Crippen molar-refractivity contribution in [1.82, 2.24) is 25.3 Å². The number of rotatable bonds is 8. The zero-order valence-corrected chi connectivity index (χ0v) is 20.0. The first-order valence-corrected chi connectivity index (χ1v) is 10.5. The summed E-state index contributed by atoms with van der Waals surface area (Å²) in [5.41, 5.74) is 2.39. The van der Waals surface area contributed by atoms with Gasteiger partial charge in [0.2, 0.25) is 0 Å². The normalized spacial score (nSPS) is 15.7. The first kappa shape index (κ1) is 23.7. The minimum atomic E-state index is 0. The van der Waals surface area contributed by atoms with Crippen LogP contribution in [0.3, 0.4) is 0 Å². The molecule has 160 valence electrons. The minimum Gasteiger partial charge on any atom is -0.356 e. The predicted molar refractivity (Wildman–Crippen MR) is 132 cm³/mol. The second kappa shape index (κ2) is 12.8. The Bertz CT molecular complexity index is 705. The lowest BCUT2D eigenvalue weighted by atomic mass is 9.97. The highest BCUT2D eigenvalue weighted by Gasteiger charge is 2.18. The molecule has 0 saturated carbocycles. The van der Waals surface area contributed by atoms with E-state index in [0.717, 1.165) is 37.1 Å². The predicted octanol–water partition coefficient (Wildman–Crippen LogP) is 3.32. The summed E-state index contributed by atoms with van der Waals surface area (Å²) >= 11 is 0. The molecule has 2 heterocycles. The molecular formula is C22H35IN6. The van der Waals surface area contributed by atoms with Gasteiger partial charge in [-0.2, -0.15) is 5.10 Å². The van der Waals surface area contributed by atoms with E-state index in [1.165, 1.54) is 44.5 Å². The van der Waals surface area contributed by atoms with E-state index in [9.17, 15) is 0 Å². The fourth-order valence-electron chi connectivity index (χ4n) is 3.75. The lowest BCUT2D eigenvalue weighted by Crippen LogP contribution is -2.43. The van der Waals surface area contributed by atoms with Crippen LogP contribution in [0.1, 0.15) is 31.7 Å². The quantitative estimate of drug-likeness (QED) is 0.325. The molecule has 1 aliphatic heterocycles.